The number of methoxy groups -OCH3 is 3. The average molecular weight is 474 g/mol. The van der Waals surface area contributed by atoms with Gasteiger partial charge in [-0.2, -0.15) is 4.31 Å². The van der Waals surface area contributed by atoms with Crippen molar-refractivity contribution in [2.45, 2.75) is 50.0 Å². The van der Waals surface area contributed by atoms with Gasteiger partial charge < -0.3 is 14.2 Å². The highest BCUT2D eigenvalue weighted by Crippen LogP contribution is 2.59. The van der Waals surface area contributed by atoms with Crippen LogP contribution in [0.15, 0.2) is 41.3 Å². The van der Waals surface area contributed by atoms with E-state index in [9.17, 15) is 13.2 Å². The summed E-state index contributed by atoms with van der Waals surface area (Å²) >= 11 is 0. The molecule has 0 radical (unpaired) electrons. The fourth-order valence-electron chi connectivity index (χ4n) is 5.47. The summed E-state index contributed by atoms with van der Waals surface area (Å²) in [5.41, 5.74) is 1.10. The van der Waals surface area contributed by atoms with Gasteiger partial charge >= 0.3 is 0 Å². The summed E-state index contributed by atoms with van der Waals surface area (Å²) in [6.45, 7) is 1.73. The van der Waals surface area contributed by atoms with Gasteiger partial charge in [0.2, 0.25) is 10.0 Å². The molecule has 2 fully saturated rings. The predicted octanol–water partition coefficient (Wildman–Crippen LogP) is 4.29. The van der Waals surface area contributed by atoms with E-state index >= 15 is 0 Å². The van der Waals surface area contributed by atoms with Crippen LogP contribution in [0.1, 0.15) is 49.3 Å². The number of carbonyl (C=O) groups excluding carboxylic acids is 1. The van der Waals surface area contributed by atoms with Crippen LogP contribution in [0.4, 0.5) is 0 Å². The highest BCUT2D eigenvalue weighted by molar-refractivity contribution is 7.89. The number of ether oxygens (including phenoxy) is 3. The molecule has 0 bridgehead atoms. The van der Waals surface area contributed by atoms with Gasteiger partial charge in [0.1, 0.15) is 23.0 Å². The van der Waals surface area contributed by atoms with Gasteiger partial charge in [0.25, 0.3) is 0 Å². The number of carbonyl (C=O) groups is 1. The molecule has 4 rings (SSSR count). The van der Waals surface area contributed by atoms with Crippen LogP contribution in [0.5, 0.6) is 17.2 Å². The minimum Gasteiger partial charge on any atom is -0.496 e. The first kappa shape index (κ1) is 23.6. The summed E-state index contributed by atoms with van der Waals surface area (Å²) in [6, 6.07) is 9.64. The fraction of sp³-hybridized carbons (Fsp3) is 0.480. The number of sulfonamides is 1. The number of hydrogen-bond donors (Lipinski definition) is 0. The Bertz CT molecular complexity index is 1110. The van der Waals surface area contributed by atoms with Crippen molar-refractivity contribution in [2.75, 3.05) is 27.9 Å². The standard InChI is InChI=1S/C25H31NO6S/c1-17-7-9-20(10-8-17)33(28,29)26-16-18(27)15-25(11-5-6-12-25)24(26)23-21(31-3)13-19(30-2)14-22(23)32-4/h7-10,13-14,24H,5-6,11-12,15-16H2,1-4H3/t24-/m1/s1. The van der Waals surface area contributed by atoms with Crippen molar-refractivity contribution < 1.29 is 27.4 Å². The second-order valence-electron chi connectivity index (χ2n) is 9.00. The molecule has 2 aromatic rings. The smallest absolute Gasteiger partial charge is 0.244 e. The lowest BCUT2D eigenvalue weighted by Crippen LogP contribution is -2.51. The fourth-order valence-corrected chi connectivity index (χ4v) is 7.14. The topological polar surface area (TPSA) is 82.1 Å². The van der Waals surface area contributed by atoms with Crippen LogP contribution in [-0.4, -0.2) is 46.4 Å². The van der Waals surface area contributed by atoms with Gasteiger partial charge in [-0.1, -0.05) is 30.5 Å². The van der Waals surface area contributed by atoms with Gasteiger partial charge in [-0.05, 0) is 37.3 Å². The van der Waals surface area contributed by atoms with Crippen LogP contribution in [0, 0.1) is 12.3 Å². The molecule has 0 amide bonds. The van der Waals surface area contributed by atoms with Crippen molar-refractivity contribution in [3.63, 3.8) is 0 Å². The third-order valence-electron chi connectivity index (χ3n) is 7.00. The zero-order valence-electron chi connectivity index (χ0n) is 19.6. The summed E-state index contributed by atoms with van der Waals surface area (Å²) in [4.78, 5) is 13.1. The molecule has 0 unspecified atom stereocenters. The molecule has 8 heteroatoms. The minimum atomic E-state index is -3.97. The molecule has 1 aliphatic carbocycles. The Morgan fingerprint density at radius 3 is 2.03 bits per heavy atom. The quantitative estimate of drug-likeness (QED) is 0.623. The van der Waals surface area contributed by atoms with Crippen LogP contribution in [-0.2, 0) is 14.8 Å². The van der Waals surface area contributed by atoms with Crippen LogP contribution < -0.4 is 14.2 Å². The summed E-state index contributed by atoms with van der Waals surface area (Å²) in [5.74, 6) is 1.46. The van der Waals surface area contributed by atoms with Crippen molar-refractivity contribution in [2.24, 2.45) is 5.41 Å². The van der Waals surface area contributed by atoms with E-state index in [1.807, 2.05) is 6.92 Å². The Hall–Kier alpha value is -2.58. The summed E-state index contributed by atoms with van der Waals surface area (Å²) in [5, 5.41) is 0. The average Bonchev–Trinajstić information content (AvgIpc) is 3.26. The van der Waals surface area contributed by atoms with Crippen LogP contribution in [0.3, 0.4) is 0 Å². The number of hydrogen-bond acceptors (Lipinski definition) is 6. The third kappa shape index (κ3) is 4.10. The molecule has 1 saturated heterocycles. The van der Waals surface area contributed by atoms with Crippen LogP contribution in [0.25, 0.3) is 0 Å². The molecule has 1 heterocycles. The number of rotatable bonds is 6. The van der Waals surface area contributed by atoms with Crippen molar-refractivity contribution in [3.8, 4) is 17.2 Å². The maximum absolute atomic E-state index is 14.0. The van der Waals surface area contributed by atoms with E-state index in [0.717, 1.165) is 31.2 Å². The molecule has 33 heavy (non-hydrogen) atoms. The van der Waals surface area contributed by atoms with Gasteiger partial charge in [-0.25, -0.2) is 8.42 Å². The van der Waals surface area contributed by atoms with Gasteiger partial charge in [-0.15, -0.1) is 0 Å². The molecule has 1 saturated carbocycles. The normalized spacial score (nSPS) is 20.7. The van der Waals surface area contributed by atoms with E-state index < -0.39 is 21.5 Å². The van der Waals surface area contributed by atoms with Crippen LogP contribution in [0.2, 0.25) is 0 Å². The Morgan fingerprint density at radius 2 is 1.52 bits per heavy atom. The number of nitrogens with zero attached hydrogens (tertiary/aromatic N) is 1. The molecule has 2 aromatic carbocycles. The highest BCUT2D eigenvalue weighted by Gasteiger charge is 2.54. The van der Waals surface area contributed by atoms with Gasteiger partial charge in [0.05, 0.1) is 44.4 Å². The Morgan fingerprint density at radius 1 is 0.939 bits per heavy atom. The lowest BCUT2D eigenvalue weighted by Gasteiger charge is -2.47. The molecule has 1 aliphatic heterocycles. The SMILES string of the molecule is COc1cc(OC)c([C@H]2N(S(=O)(=O)c3ccc(C)cc3)CC(=O)CC23CCCC3)c(OC)c1. The Kier molecular flexibility index (Phi) is 6.42. The van der Waals surface area contributed by atoms with Crippen molar-refractivity contribution in [1.82, 2.24) is 4.31 Å². The predicted molar refractivity (Wildman–Crippen MR) is 124 cm³/mol. The monoisotopic (exact) mass is 473 g/mol. The Balaban J connectivity index is 1.97. The first-order valence-electron chi connectivity index (χ1n) is 11.2. The number of piperidine rings is 1. The first-order chi connectivity index (χ1) is 15.8. The van der Waals surface area contributed by atoms with Crippen molar-refractivity contribution in [3.05, 3.63) is 47.5 Å². The highest BCUT2D eigenvalue weighted by atomic mass is 32.2. The molecule has 178 valence electrons. The maximum atomic E-state index is 14.0. The van der Waals surface area contributed by atoms with E-state index in [-0.39, 0.29) is 17.2 Å². The number of Topliss-reactive ketones (excluding diaryl/α,β-unsaturated/α-hetero) is 1. The molecular weight excluding hydrogens is 442 g/mol. The molecule has 0 aromatic heterocycles. The minimum absolute atomic E-state index is 0.0599. The summed E-state index contributed by atoms with van der Waals surface area (Å²) in [6.07, 6.45) is 3.77. The molecule has 2 aliphatic rings. The molecular formula is C25H31NO6S. The zero-order chi connectivity index (χ0) is 23.8. The van der Waals surface area contributed by atoms with Crippen LogP contribution >= 0.6 is 0 Å². The van der Waals surface area contributed by atoms with E-state index in [1.165, 1.54) is 4.31 Å². The molecule has 0 N–H and O–H groups in total. The molecule has 7 nitrogen and oxygen atoms in total. The summed E-state index contributed by atoms with van der Waals surface area (Å²) in [7, 11) is 0.682. The number of ketones is 1. The largest absolute Gasteiger partial charge is 0.496 e. The number of aryl methyl sites for hydroxylation is 1. The van der Waals surface area contributed by atoms with Crippen molar-refractivity contribution in [1.29, 1.82) is 0 Å². The molecule has 1 spiro atoms. The van der Waals surface area contributed by atoms with Gasteiger partial charge in [-0.3, -0.25) is 4.79 Å². The maximum Gasteiger partial charge on any atom is 0.244 e. The Labute approximate surface area is 195 Å². The van der Waals surface area contributed by atoms with E-state index in [2.05, 4.69) is 0 Å². The number of benzene rings is 2. The van der Waals surface area contributed by atoms with Crippen molar-refractivity contribution >= 4 is 15.8 Å². The summed E-state index contributed by atoms with van der Waals surface area (Å²) < 4.78 is 46.2. The van der Waals surface area contributed by atoms with Gasteiger partial charge in [0, 0.05) is 18.6 Å². The van der Waals surface area contributed by atoms with Gasteiger partial charge in [0.15, 0.2) is 0 Å². The second kappa shape index (κ2) is 8.99. The van der Waals surface area contributed by atoms with E-state index in [0.29, 0.717) is 29.2 Å². The van der Waals surface area contributed by atoms with E-state index in [1.54, 1.807) is 57.7 Å². The lowest BCUT2D eigenvalue weighted by molar-refractivity contribution is -0.127. The second-order valence-corrected chi connectivity index (χ2v) is 10.9. The van der Waals surface area contributed by atoms with E-state index in [4.69, 9.17) is 14.2 Å². The zero-order valence-corrected chi connectivity index (χ0v) is 20.4. The third-order valence-corrected chi connectivity index (χ3v) is 8.83. The molecule has 1 atom stereocenters. The lowest BCUT2D eigenvalue weighted by atomic mass is 9.69. The first-order valence-corrected chi connectivity index (χ1v) is 12.6.